The minimum atomic E-state index is -1.41. The predicted octanol–water partition coefficient (Wildman–Crippen LogP) is 15.9. The summed E-state index contributed by atoms with van der Waals surface area (Å²) in [6.45, 7) is 0. The molecule has 14 aromatic rings. The number of hydrogen-bond donors (Lipinski definition) is 2. The highest BCUT2D eigenvalue weighted by Crippen LogP contribution is 2.41. The van der Waals surface area contributed by atoms with E-state index in [4.69, 9.17) is 9.97 Å². The third-order valence-corrected chi connectivity index (χ3v) is 15.7. The van der Waals surface area contributed by atoms with Crippen molar-refractivity contribution in [1.29, 1.82) is 0 Å². The summed E-state index contributed by atoms with van der Waals surface area (Å²) in [6.07, 6.45) is 0. The molecule has 10 heteroatoms. The van der Waals surface area contributed by atoms with E-state index < -0.39 is 7.12 Å². The lowest BCUT2D eigenvalue weighted by atomic mass is 9.80. The van der Waals surface area contributed by atoms with Crippen LogP contribution in [-0.4, -0.2) is 36.3 Å². The van der Waals surface area contributed by atoms with E-state index >= 15 is 0 Å². The maximum atomic E-state index is 9.31. The van der Waals surface area contributed by atoms with Crippen LogP contribution in [0.1, 0.15) is 0 Å². The van der Waals surface area contributed by atoms with Gasteiger partial charge >= 0.3 is 7.12 Å². The van der Waals surface area contributed by atoms with Gasteiger partial charge in [-0.25, -0.2) is 9.97 Å². The molecule has 344 valence electrons. The summed E-state index contributed by atoms with van der Waals surface area (Å²) < 4.78 is 10.3. The highest BCUT2D eigenvalue weighted by Gasteiger charge is 2.19. The summed E-state index contributed by atoms with van der Waals surface area (Å²) in [7, 11) is -1.41. The Kier molecular flexibility index (Phi) is 12.4. The van der Waals surface area contributed by atoms with E-state index in [-0.39, 0.29) is 0 Å². The molecular weight excluding hydrogens is 988 g/mol. The standard InChI is InChI=1S/C31H20N2S.C19H13BrN2.C12H9BO2S/c1-2-12-23(13-3-1)33-28-18-6-5-17-27(28)32-31(33)22-11-8-10-21(20-22)24-15-9-16-26-25-14-4-7-19-29(25)34-30(24)26;20-15-8-6-7-14(13-15)19-21-17-11-4-5-12-18(17)22(19)16-9-2-1-3-10-16;14-13(15)10-6-3-5-9-8-4-1-2-7-11(8)16-12(9)10/h1-20H;1-13H;1-7,14-15H. The molecule has 4 heterocycles. The van der Waals surface area contributed by atoms with Crippen LogP contribution < -0.4 is 5.46 Å². The molecule has 0 aliphatic heterocycles. The van der Waals surface area contributed by atoms with Gasteiger partial charge in [0.15, 0.2) is 0 Å². The number of thiophene rings is 2. The van der Waals surface area contributed by atoms with Crippen LogP contribution in [0.3, 0.4) is 0 Å². The van der Waals surface area contributed by atoms with Crippen molar-refractivity contribution < 1.29 is 10.0 Å². The molecule has 0 aliphatic rings. The van der Waals surface area contributed by atoms with E-state index in [1.54, 1.807) is 17.4 Å². The first-order valence-corrected chi connectivity index (χ1v) is 26.0. The molecule has 0 aliphatic carbocycles. The molecule has 6 nitrogen and oxygen atoms in total. The van der Waals surface area contributed by atoms with Crippen LogP contribution in [0.5, 0.6) is 0 Å². The summed E-state index contributed by atoms with van der Waals surface area (Å²) >= 11 is 7.01. The van der Waals surface area contributed by atoms with Crippen LogP contribution >= 0.6 is 38.6 Å². The maximum Gasteiger partial charge on any atom is 0.489 e. The molecule has 0 fully saturated rings. The van der Waals surface area contributed by atoms with Gasteiger partial charge in [-0.1, -0.05) is 180 Å². The Morgan fingerprint density at radius 1 is 0.389 bits per heavy atom. The fourth-order valence-corrected chi connectivity index (χ4v) is 12.4. The van der Waals surface area contributed by atoms with Gasteiger partial charge in [-0.2, -0.15) is 0 Å². The smallest absolute Gasteiger partial charge is 0.423 e. The molecule has 0 saturated heterocycles. The maximum absolute atomic E-state index is 9.31. The van der Waals surface area contributed by atoms with Crippen molar-refractivity contribution >= 4 is 114 Å². The summed E-state index contributed by atoms with van der Waals surface area (Å²) in [5.41, 5.74) is 11.7. The number of para-hydroxylation sites is 6. The van der Waals surface area contributed by atoms with Crippen molar-refractivity contribution in [2.45, 2.75) is 0 Å². The molecule has 14 rings (SSSR count). The van der Waals surface area contributed by atoms with E-state index in [0.29, 0.717) is 5.46 Å². The highest BCUT2D eigenvalue weighted by molar-refractivity contribution is 9.10. The quantitative estimate of drug-likeness (QED) is 0.163. The zero-order valence-electron chi connectivity index (χ0n) is 38.5. The number of nitrogens with zero attached hydrogens (tertiary/aromatic N) is 4. The van der Waals surface area contributed by atoms with Crippen LogP contribution in [0.2, 0.25) is 0 Å². The van der Waals surface area contributed by atoms with Gasteiger partial charge in [0.1, 0.15) is 11.6 Å². The third kappa shape index (κ3) is 8.59. The van der Waals surface area contributed by atoms with Gasteiger partial charge in [-0.05, 0) is 101 Å². The van der Waals surface area contributed by atoms with Gasteiger partial charge in [0.25, 0.3) is 0 Å². The van der Waals surface area contributed by atoms with Gasteiger partial charge in [0.05, 0.1) is 22.1 Å². The van der Waals surface area contributed by atoms with Crippen molar-refractivity contribution in [3.8, 4) is 45.3 Å². The lowest BCUT2D eigenvalue weighted by molar-refractivity contribution is 0.426. The lowest BCUT2D eigenvalue weighted by Crippen LogP contribution is -2.29. The topological polar surface area (TPSA) is 76.1 Å². The number of fused-ring (bicyclic) bond motifs is 8. The van der Waals surface area contributed by atoms with Crippen LogP contribution in [0.15, 0.2) is 247 Å². The average molecular weight is 1030 g/mol. The van der Waals surface area contributed by atoms with Gasteiger partial charge in [0.2, 0.25) is 0 Å². The molecule has 0 saturated carbocycles. The molecular formula is C62H42BBrN4O2S2. The van der Waals surface area contributed by atoms with Gasteiger partial charge < -0.3 is 10.0 Å². The molecule has 10 aromatic carbocycles. The van der Waals surface area contributed by atoms with Crippen LogP contribution in [0, 0.1) is 0 Å². The number of rotatable bonds is 6. The Hall–Kier alpha value is -7.96. The normalized spacial score (nSPS) is 11.3. The molecule has 4 aromatic heterocycles. The molecule has 0 bridgehead atoms. The molecule has 72 heavy (non-hydrogen) atoms. The molecule has 0 atom stereocenters. The summed E-state index contributed by atoms with van der Waals surface area (Å²) in [5.74, 6) is 1.91. The van der Waals surface area contributed by atoms with Crippen molar-refractivity contribution in [2.75, 3.05) is 0 Å². The second kappa shape index (κ2) is 19.7. The van der Waals surface area contributed by atoms with E-state index in [0.717, 1.165) is 70.8 Å². The first-order chi connectivity index (χ1) is 35.5. The number of hydrogen-bond acceptors (Lipinski definition) is 6. The van der Waals surface area contributed by atoms with Crippen LogP contribution in [-0.2, 0) is 0 Å². The average Bonchev–Trinajstić information content (AvgIpc) is 4.22. The van der Waals surface area contributed by atoms with Gasteiger partial charge in [0, 0.05) is 61.9 Å². The first kappa shape index (κ1) is 45.2. The highest BCUT2D eigenvalue weighted by atomic mass is 79.9. The Morgan fingerprint density at radius 3 is 1.42 bits per heavy atom. The van der Waals surface area contributed by atoms with Crippen molar-refractivity contribution in [2.24, 2.45) is 0 Å². The van der Waals surface area contributed by atoms with Gasteiger partial charge in [-0.3, -0.25) is 9.13 Å². The summed E-state index contributed by atoms with van der Waals surface area (Å²) in [5, 5.41) is 23.5. The number of benzene rings is 10. The first-order valence-electron chi connectivity index (χ1n) is 23.6. The second-order valence-corrected chi connectivity index (χ2v) is 20.3. The Bertz CT molecular complexity index is 4240. The lowest BCUT2D eigenvalue weighted by Gasteiger charge is -2.11. The van der Waals surface area contributed by atoms with Crippen molar-refractivity contribution in [1.82, 2.24) is 19.1 Å². The van der Waals surface area contributed by atoms with Crippen molar-refractivity contribution in [3.63, 3.8) is 0 Å². The van der Waals surface area contributed by atoms with E-state index in [1.165, 1.54) is 41.4 Å². The monoisotopic (exact) mass is 1030 g/mol. The van der Waals surface area contributed by atoms with E-state index in [9.17, 15) is 10.0 Å². The second-order valence-electron chi connectivity index (χ2n) is 17.3. The predicted molar refractivity (Wildman–Crippen MR) is 308 cm³/mol. The van der Waals surface area contributed by atoms with Crippen molar-refractivity contribution in [3.05, 3.63) is 247 Å². The third-order valence-electron chi connectivity index (χ3n) is 12.8. The minimum absolute atomic E-state index is 0.582. The fraction of sp³-hybridized carbons (Fsp3) is 0. The van der Waals surface area contributed by atoms with Gasteiger partial charge in [-0.15, -0.1) is 22.7 Å². The summed E-state index contributed by atoms with van der Waals surface area (Å²) in [4.78, 5) is 9.90. The van der Waals surface area contributed by atoms with E-state index in [1.807, 2.05) is 78.1 Å². The Morgan fingerprint density at radius 2 is 0.833 bits per heavy atom. The zero-order valence-corrected chi connectivity index (χ0v) is 41.8. The molecule has 0 radical (unpaired) electrons. The summed E-state index contributed by atoms with van der Waals surface area (Å²) in [6, 6.07) is 83.5. The molecule has 0 amide bonds. The largest absolute Gasteiger partial charge is 0.489 e. The SMILES string of the molecule is Brc1cccc(-c2nc3ccccc3n2-c2ccccc2)c1.OB(O)c1cccc2c1sc1ccccc12.c1ccc(-n2c(-c3cccc(-c4cccc5c4sc4ccccc45)c3)nc3ccccc32)cc1. The van der Waals surface area contributed by atoms with Crippen LogP contribution in [0.25, 0.3) is 108 Å². The number of halogens is 1. The molecule has 0 unspecified atom stereocenters. The molecule has 0 spiro atoms. The fourth-order valence-electron chi connectivity index (χ4n) is 9.52. The van der Waals surface area contributed by atoms with Crippen LogP contribution in [0.4, 0.5) is 0 Å². The minimum Gasteiger partial charge on any atom is -0.423 e. The van der Waals surface area contributed by atoms with E-state index in [2.05, 4.69) is 195 Å². The number of aromatic nitrogens is 4. The Labute approximate surface area is 432 Å². The Balaban J connectivity index is 0.000000120. The zero-order chi connectivity index (χ0) is 48.5. The number of imidazole rings is 2. The molecule has 2 N–H and O–H groups in total.